The van der Waals surface area contributed by atoms with E-state index in [1.54, 1.807) is 12.1 Å². The van der Waals surface area contributed by atoms with Gasteiger partial charge < -0.3 is 9.47 Å². The van der Waals surface area contributed by atoms with E-state index in [4.69, 9.17) is 32.7 Å². The molecule has 192 valence electrons. The Kier molecular flexibility index (Phi) is 9.06. The van der Waals surface area contributed by atoms with Crippen LogP contribution in [0.5, 0.6) is 11.5 Å². The molecule has 0 unspecified atom stereocenters. The van der Waals surface area contributed by atoms with Crippen LogP contribution in [-0.2, 0) is 26.8 Å². The average molecular weight is 551 g/mol. The number of hydrogen-bond donors (Lipinski definition) is 1. The molecule has 1 N–H and O–H groups in total. The van der Waals surface area contributed by atoms with E-state index in [2.05, 4.69) is 24.6 Å². The Balaban J connectivity index is 1.68. The normalized spacial score (nSPS) is 11.8. The first kappa shape index (κ1) is 28.0. The van der Waals surface area contributed by atoms with Crippen molar-refractivity contribution in [2.45, 2.75) is 32.8 Å². The van der Waals surface area contributed by atoms with Crippen molar-refractivity contribution in [3.8, 4) is 11.5 Å². The standard InChI is InChI=1S/C27H29Cl2NO5S/c1-18-6-5-7-19(12-18)16-35-26-24(28)13-21(14-25(26)29)27(2,3)20-8-10-23(11-9-20)34-17-22(31)15-30-36(4,32)33/h5-14,30H,15-17H2,1-4H3. The van der Waals surface area contributed by atoms with Crippen LogP contribution in [-0.4, -0.2) is 33.6 Å². The number of ether oxygens (including phenoxy) is 2. The van der Waals surface area contributed by atoms with Crippen molar-refractivity contribution < 1.29 is 22.7 Å². The molecular weight excluding hydrogens is 521 g/mol. The van der Waals surface area contributed by atoms with Crippen LogP contribution in [0.2, 0.25) is 10.0 Å². The smallest absolute Gasteiger partial charge is 0.209 e. The highest BCUT2D eigenvalue weighted by atomic mass is 35.5. The molecule has 3 aromatic carbocycles. The molecular formula is C27H29Cl2NO5S. The summed E-state index contributed by atoms with van der Waals surface area (Å²) in [5.41, 5.74) is 3.65. The number of aryl methyl sites for hydroxylation is 1. The predicted molar refractivity (Wildman–Crippen MR) is 144 cm³/mol. The second-order valence-electron chi connectivity index (χ2n) is 9.12. The van der Waals surface area contributed by atoms with E-state index in [9.17, 15) is 13.2 Å². The van der Waals surface area contributed by atoms with Crippen LogP contribution in [0.4, 0.5) is 0 Å². The number of nitrogens with one attached hydrogen (secondary N) is 1. The first-order valence-corrected chi connectivity index (χ1v) is 13.9. The molecule has 0 aliphatic heterocycles. The zero-order valence-corrected chi connectivity index (χ0v) is 22.9. The summed E-state index contributed by atoms with van der Waals surface area (Å²) in [4.78, 5) is 11.8. The van der Waals surface area contributed by atoms with E-state index in [1.807, 2.05) is 49.4 Å². The molecule has 0 aliphatic rings. The van der Waals surface area contributed by atoms with Crippen molar-refractivity contribution >= 4 is 39.0 Å². The Labute approximate surface area is 222 Å². The Morgan fingerprint density at radius 2 is 1.58 bits per heavy atom. The van der Waals surface area contributed by atoms with Crippen molar-refractivity contribution in [2.24, 2.45) is 0 Å². The van der Waals surface area contributed by atoms with Crippen molar-refractivity contribution in [1.29, 1.82) is 0 Å². The van der Waals surface area contributed by atoms with Gasteiger partial charge in [-0.05, 0) is 47.9 Å². The minimum absolute atomic E-state index is 0.236. The maximum atomic E-state index is 11.8. The zero-order valence-electron chi connectivity index (χ0n) is 20.6. The minimum Gasteiger partial charge on any atom is -0.486 e. The molecule has 0 amide bonds. The number of carbonyl (C=O) groups is 1. The predicted octanol–water partition coefficient (Wildman–Crippen LogP) is 5.70. The molecule has 0 saturated heterocycles. The molecule has 0 heterocycles. The Morgan fingerprint density at radius 1 is 0.944 bits per heavy atom. The lowest BCUT2D eigenvalue weighted by molar-refractivity contribution is -0.119. The lowest BCUT2D eigenvalue weighted by atomic mass is 9.78. The first-order chi connectivity index (χ1) is 16.8. The molecule has 9 heteroatoms. The third kappa shape index (κ3) is 7.71. The number of Topliss-reactive ketones (excluding diaryl/α,β-unsaturated/α-hetero) is 1. The molecule has 0 bridgehead atoms. The number of halogens is 2. The maximum absolute atomic E-state index is 11.8. The molecule has 0 aromatic heterocycles. The first-order valence-electron chi connectivity index (χ1n) is 11.2. The van der Waals surface area contributed by atoms with Crippen LogP contribution in [0.1, 0.15) is 36.1 Å². The molecule has 0 aliphatic carbocycles. The quantitative estimate of drug-likeness (QED) is 0.331. The topological polar surface area (TPSA) is 81.7 Å². The number of carbonyl (C=O) groups excluding carboxylic acids is 1. The van der Waals surface area contributed by atoms with Crippen molar-refractivity contribution in [3.05, 3.63) is 93.0 Å². The van der Waals surface area contributed by atoms with Gasteiger partial charge in [0.05, 0.1) is 22.8 Å². The van der Waals surface area contributed by atoms with Crippen molar-refractivity contribution in [1.82, 2.24) is 4.72 Å². The summed E-state index contributed by atoms with van der Waals surface area (Å²) in [7, 11) is -3.43. The number of sulfonamides is 1. The van der Waals surface area contributed by atoms with Gasteiger partial charge in [0.2, 0.25) is 10.0 Å². The summed E-state index contributed by atoms with van der Waals surface area (Å²) in [6.45, 7) is 5.95. The zero-order chi connectivity index (χ0) is 26.5. The fraction of sp³-hybridized carbons (Fsp3) is 0.296. The van der Waals surface area contributed by atoms with Gasteiger partial charge in [-0.1, -0.05) is 79.0 Å². The number of hydrogen-bond acceptors (Lipinski definition) is 5. The summed E-state index contributed by atoms with van der Waals surface area (Å²) in [5, 5.41) is 0.860. The largest absolute Gasteiger partial charge is 0.486 e. The van der Waals surface area contributed by atoms with Crippen molar-refractivity contribution in [3.63, 3.8) is 0 Å². The second-order valence-corrected chi connectivity index (χ2v) is 11.8. The highest BCUT2D eigenvalue weighted by molar-refractivity contribution is 7.88. The van der Waals surface area contributed by atoms with Gasteiger partial charge in [0.1, 0.15) is 19.0 Å². The number of benzene rings is 3. The molecule has 6 nitrogen and oxygen atoms in total. The van der Waals surface area contributed by atoms with Gasteiger partial charge >= 0.3 is 0 Å². The number of rotatable bonds is 11. The van der Waals surface area contributed by atoms with E-state index < -0.39 is 15.4 Å². The van der Waals surface area contributed by atoms with Gasteiger partial charge in [-0.3, -0.25) is 4.79 Å². The molecule has 36 heavy (non-hydrogen) atoms. The van der Waals surface area contributed by atoms with E-state index >= 15 is 0 Å². The monoisotopic (exact) mass is 549 g/mol. The highest BCUT2D eigenvalue weighted by Gasteiger charge is 2.26. The van der Waals surface area contributed by atoms with Gasteiger partial charge in [0.15, 0.2) is 11.5 Å². The van der Waals surface area contributed by atoms with E-state index in [0.29, 0.717) is 28.2 Å². The Bertz CT molecular complexity index is 1320. The van der Waals surface area contributed by atoms with Crippen molar-refractivity contribution in [2.75, 3.05) is 19.4 Å². The molecule has 3 rings (SSSR count). The maximum Gasteiger partial charge on any atom is 0.209 e. The SMILES string of the molecule is Cc1cccc(COc2c(Cl)cc(C(C)(C)c3ccc(OCC(=O)CNS(C)(=O)=O)cc3)cc2Cl)c1. The van der Waals surface area contributed by atoms with E-state index in [1.165, 1.54) is 0 Å². The molecule has 0 fully saturated rings. The molecule has 0 radical (unpaired) electrons. The van der Waals surface area contributed by atoms with Gasteiger partial charge in [-0.25, -0.2) is 13.1 Å². The fourth-order valence-electron chi connectivity index (χ4n) is 3.58. The summed E-state index contributed by atoms with van der Waals surface area (Å²) in [6, 6.07) is 19.1. The molecule has 3 aromatic rings. The van der Waals surface area contributed by atoms with Gasteiger partial charge in [0, 0.05) is 5.41 Å². The Morgan fingerprint density at radius 3 is 2.17 bits per heavy atom. The summed E-state index contributed by atoms with van der Waals surface area (Å²) >= 11 is 13.1. The molecule has 0 spiro atoms. The second kappa shape index (κ2) is 11.6. The molecule has 0 saturated carbocycles. The minimum atomic E-state index is -3.43. The van der Waals surface area contributed by atoms with E-state index in [-0.39, 0.29) is 18.9 Å². The van der Waals surface area contributed by atoms with Gasteiger partial charge in [-0.15, -0.1) is 0 Å². The average Bonchev–Trinajstić information content (AvgIpc) is 2.80. The van der Waals surface area contributed by atoms with Crippen LogP contribution in [0.25, 0.3) is 0 Å². The van der Waals surface area contributed by atoms with Crippen LogP contribution in [0.15, 0.2) is 60.7 Å². The Hall–Kier alpha value is -2.58. The third-order valence-corrected chi connectivity index (χ3v) is 6.92. The van der Waals surface area contributed by atoms with Crippen LogP contribution in [0, 0.1) is 6.92 Å². The van der Waals surface area contributed by atoms with Gasteiger partial charge in [0.25, 0.3) is 0 Å². The van der Waals surface area contributed by atoms with Gasteiger partial charge in [-0.2, -0.15) is 0 Å². The van der Waals surface area contributed by atoms with Crippen LogP contribution in [0.3, 0.4) is 0 Å². The number of ketones is 1. The third-order valence-electron chi connectivity index (χ3n) is 5.69. The summed E-state index contributed by atoms with van der Waals surface area (Å²) in [5.74, 6) is 0.565. The summed E-state index contributed by atoms with van der Waals surface area (Å²) < 4.78 is 35.8. The lowest BCUT2D eigenvalue weighted by Crippen LogP contribution is -2.31. The molecule has 0 atom stereocenters. The van der Waals surface area contributed by atoms with Crippen LogP contribution >= 0.6 is 23.2 Å². The summed E-state index contributed by atoms with van der Waals surface area (Å²) in [6.07, 6.45) is 0.994. The van der Waals surface area contributed by atoms with E-state index in [0.717, 1.165) is 28.5 Å². The lowest BCUT2D eigenvalue weighted by Gasteiger charge is -2.27. The van der Waals surface area contributed by atoms with Crippen LogP contribution < -0.4 is 14.2 Å². The fourth-order valence-corrected chi connectivity index (χ4v) is 4.60. The highest BCUT2D eigenvalue weighted by Crippen LogP contribution is 2.41.